The maximum absolute atomic E-state index is 5.17. The number of aromatic nitrogens is 2. The third-order valence-electron chi connectivity index (χ3n) is 5.67. The van der Waals surface area contributed by atoms with E-state index >= 15 is 0 Å². The van der Waals surface area contributed by atoms with Gasteiger partial charge in [0.25, 0.3) is 0 Å². The molecule has 27 heavy (non-hydrogen) atoms. The van der Waals surface area contributed by atoms with Crippen molar-refractivity contribution in [3.63, 3.8) is 0 Å². The summed E-state index contributed by atoms with van der Waals surface area (Å²) in [5.41, 5.74) is 3.45. The van der Waals surface area contributed by atoms with Gasteiger partial charge in [-0.15, -0.1) is 0 Å². The summed E-state index contributed by atoms with van der Waals surface area (Å²) in [5.74, 6) is 2.67. The molecule has 2 unspecified atom stereocenters. The van der Waals surface area contributed by atoms with E-state index in [1.165, 1.54) is 43.4 Å². The predicted octanol–water partition coefficient (Wildman–Crippen LogP) is 3.42. The van der Waals surface area contributed by atoms with Crippen molar-refractivity contribution in [3.8, 4) is 0 Å². The number of guanidine groups is 1. The van der Waals surface area contributed by atoms with E-state index in [0.717, 1.165) is 43.1 Å². The Balaban J connectivity index is 1.90. The van der Waals surface area contributed by atoms with Crippen LogP contribution in [0.1, 0.15) is 62.9 Å². The molecule has 0 amide bonds. The van der Waals surface area contributed by atoms with Crippen LogP contribution in [0.4, 0.5) is 0 Å². The molecule has 0 aromatic carbocycles. The maximum Gasteiger partial charge on any atom is 0.191 e. The highest BCUT2D eigenvalue weighted by atomic mass is 16.5. The van der Waals surface area contributed by atoms with Crippen molar-refractivity contribution in [3.05, 3.63) is 17.0 Å². The van der Waals surface area contributed by atoms with Crippen LogP contribution in [0.25, 0.3) is 0 Å². The van der Waals surface area contributed by atoms with Crippen LogP contribution in [0.3, 0.4) is 0 Å². The summed E-state index contributed by atoms with van der Waals surface area (Å²) in [6.45, 7) is 12.7. The lowest BCUT2D eigenvalue weighted by Crippen LogP contribution is -2.38. The zero-order valence-electron chi connectivity index (χ0n) is 18.0. The standard InChI is InChI=1S/C21H39N5O/c1-6-22-21(23-11-10-19-9-7-8-16(2)14-19)24-15-20-17(3)25-26(18(20)4)12-13-27-5/h16,19H,6-15H2,1-5H3,(H2,22,23,24). The molecule has 1 aromatic heterocycles. The lowest BCUT2D eigenvalue weighted by molar-refractivity contribution is 0.182. The minimum absolute atomic E-state index is 0.653. The first-order valence-electron chi connectivity index (χ1n) is 10.6. The molecule has 2 rings (SSSR count). The molecule has 1 saturated carbocycles. The number of nitrogens with one attached hydrogen (secondary N) is 2. The fourth-order valence-corrected chi connectivity index (χ4v) is 4.07. The molecule has 6 nitrogen and oxygen atoms in total. The molecule has 6 heteroatoms. The summed E-state index contributed by atoms with van der Waals surface area (Å²) in [6, 6.07) is 0. The second-order valence-corrected chi connectivity index (χ2v) is 7.91. The maximum atomic E-state index is 5.17. The largest absolute Gasteiger partial charge is 0.383 e. The van der Waals surface area contributed by atoms with Crippen molar-refractivity contribution in [1.29, 1.82) is 0 Å². The first-order chi connectivity index (χ1) is 13.0. The van der Waals surface area contributed by atoms with Gasteiger partial charge in [-0.3, -0.25) is 4.68 Å². The lowest BCUT2D eigenvalue weighted by Gasteiger charge is -2.26. The second kappa shape index (κ2) is 11.3. The van der Waals surface area contributed by atoms with Crippen molar-refractivity contribution >= 4 is 5.96 Å². The molecule has 0 radical (unpaired) electrons. The van der Waals surface area contributed by atoms with Crippen LogP contribution >= 0.6 is 0 Å². The molecule has 1 fully saturated rings. The van der Waals surface area contributed by atoms with E-state index in [0.29, 0.717) is 13.2 Å². The van der Waals surface area contributed by atoms with Crippen molar-refractivity contribution in [2.75, 3.05) is 26.8 Å². The van der Waals surface area contributed by atoms with Crippen molar-refractivity contribution in [1.82, 2.24) is 20.4 Å². The molecule has 1 aromatic rings. The van der Waals surface area contributed by atoms with E-state index in [1.807, 2.05) is 4.68 Å². The molecular formula is C21H39N5O. The van der Waals surface area contributed by atoms with Crippen LogP contribution in [0.2, 0.25) is 0 Å². The number of rotatable bonds is 9. The summed E-state index contributed by atoms with van der Waals surface area (Å²) in [6.07, 6.45) is 6.81. The fourth-order valence-electron chi connectivity index (χ4n) is 4.07. The zero-order chi connectivity index (χ0) is 19.6. The third-order valence-corrected chi connectivity index (χ3v) is 5.67. The number of nitrogens with zero attached hydrogens (tertiary/aromatic N) is 3. The van der Waals surface area contributed by atoms with Gasteiger partial charge in [0.2, 0.25) is 0 Å². The van der Waals surface area contributed by atoms with Crippen molar-refractivity contribution < 1.29 is 4.74 Å². The summed E-state index contributed by atoms with van der Waals surface area (Å²) in [5, 5.41) is 11.5. The summed E-state index contributed by atoms with van der Waals surface area (Å²) < 4.78 is 7.19. The van der Waals surface area contributed by atoms with Crippen LogP contribution in [-0.2, 0) is 17.8 Å². The normalized spacial score (nSPS) is 20.7. The number of hydrogen-bond acceptors (Lipinski definition) is 3. The van der Waals surface area contributed by atoms with Gasteiger partial charge in [0.1, 0.15) is 0 Å². The van der Waals surface area contributed by atoms with E-state index in [1.54, 1.807) is 7.11 Å². The molecule has 0 saturated heterocycles. The molecule has 1 aliphatic rings. The van der Waals surface area contributed by atoms with Gasteiger partial charge < -0.3 is 15.4 Å². The molecule has 0 aliphatic heterocycles. The molecule has 1 heterocycles. The highest BCUT2D eigenvalue weighted by molar-refractivity contribution is 5.79. The smallest absolute Gasteiger partial charge is 0.191 e. The van der Waals surface area contributed by atoms with E-state index in [-0.39, 0.29) is 0 Å². The monoisotopic (exact) mass is 377 g/mol. The van der Waals surface area contributed by atoms with Crippen LogP contribution in [0.15, 0.2) is 4.99 Å². The average molecular weight is 378 g/mol. The minimum atomic E-state index is 0.653. The molecule has 2 atom stereocenters. The Labute approximate surface area is 165 Å². The van der Waals surface area contributed by atoms with Crippen molar-refractivity contribution in [2.45, 2.75) is 72.9 Å². The van der Waals surface area contributed by atoms with Crippen LogP contribution in [0.5, 0.6) is 0 Å². The van der Waals surface area contributed by atoms with Gasteiger partial charge in [0, 0.05) is 31.5 Å². The minimum Gasteiger partial charge on any atom is -0.383 e. The third kappa shape index (κ3) is 6.83. The summed E-state index contributed by atoms with van der Waals surface area (Å²) in [7, 11) is 1.72. The first kappa shape index (κ1) is 21.7. The van der Waals surface area contributed by atoms with Crippen LogP contribution in [0, 0.1) is 25.7 Å². The number of hydrogen-bond donors (Lipinski definition) is 2. The van der Waals surface area contributed by atoms with Gasteiger partial charge >= 0.3 is 0 Å². The molecule has 2 N–H and O–H groups in total. The predicted molar refractivity (Wildman–Crippen MR) is 112 cm³/mol. The quantitative estimate of drug-likeness (QED) is 0.511. The van der Waals surface area contributed by atoms with Gasteiger partial charge in [-0.25, -0.2) is 4.99 Å². The first-order valence-corrected chi connectivity index (χ1v) is 10.6. The van der Waals surface area contributed by atoms with Crippen LogP contribution < -0.4 is 10.6 Å². The number of aliphatic imine (C=N–C) groups is 1. The highest BCUT2D eigenvalue weighted by Gasteiger charge is 2.18. The summed E-state index contributed by atoms with van der Waals surface area (Å²) in [4.78, 5) is 4.81. The average Bonchev–Trinajstić information content (AvgIpc) is 2.91. The second-order valence-electron chi connectivity index (χ2n) is 7.91. The molecule has 0 spiro atoms. The summed E-state index contributed by atoms with van der Waals surface area (Å²) >= 11 is 0. The van der Waals surface area contributed by atoms with E-state index < -0.39 is 0 Å². The molecule has 0 bridgehead atoms. The van der Waals surface area contributed by atoms with E-state index in [9.17, 15) is 0 Å². The number of ether oxygens (including phenoxy) is 1. The Hall–Kier alpha value is -1.56. The number of methoxy groups -OCH3 is 1. The Kier molecular flexibility index (Phi) is 9.11. The fraction of sp³-hybridized carbons (Fsp3) is 0.810. The van der Waals surface area contributed by atoms with Gasteiger partial charge in [-0.05, 0) is 45.4 Å². The Morgan fingerprint density at radius 2 is 2.11 bits per heavy atom. The molecule has 154 valence electrons. The Bertz CT molecular complexity index is 596. The topological polar surface area (TPSA) is 63.5 Å². The Morgan fingerprint density at radius 1 is 1.30 bits per heavy atom. The van der Waals surface area contributed by atoms with Crippen LogP contribution in [-0.4, -0.2) is 42.5 Å². The number of aryl methyl sites for hydroxylation is 1. The lowest BCUT2D eigenvalue weighted by atomic mass is 9.81. The SMILES string of the molecule is CCNC(=NCc1c(C)nn(CCOC)c1C)NCCC1CCCC(C)C1. The molecule has 1 aliphatic carbocycles. The van der Waals surface area contributed by atoms with Gasteiger partial charge in [-0.1, -0.05) is 26.2 Å². The van der Waals surface area contributed by atoms with E-state index in [4.69, 9.17) is 9.73 Å². The van der Waals surface area contributed by atoms with Gasteiger partial charge in [0.15, 0.2) is 5.96 Å². The highest BCUT2D eigenvalue weighted by Crippen LogP contribution is 2.30. The zero-order valence-corrected chi connectivity index (χ0v) is 18.0. The van der Waals surface area contributed by atoms with Gasteiger partial charge in [0.05, 0.1) is 25.4 Å². The van der Waals surface area contributed by atoms with Gasteiger partial charge in [-0.2, -0.15) is 5.10 Å². The molecular weight excluding hydrogens is 338 g/mol. The van der Waals surface area contributed by atoms with E-state index in [2.05, 4.69) is 43.4 Å². The van der Waals surface area contributed by atoms with Crippen molar-refractivity contribution in [2.24, 2.45) is 16.8 Å². The Morgan fingerprint density at radius 3 is 2.81 bits per heavy atom.